The van der Waals surface area contributed by atoms with Gasteiger partial charge in [-0.05, 0) is 40.2 Å². The second kappa shape index (κ2) is 6.41. The summed E-state index contributed by atoms with van der Waals surface area (Å²) < 4.78 is 1.64. The van der Waals surface area contributed by atoms with Crippen LogP contribution in [0.5, 0.6) is 5.75 Å². The highest BCUT2D eigenvalue weighted by Gasteiger charge is 2.16. The minimum Gasteiger partial charge on any atom is -0.508 e. The molecule has 0 bridgehead atoms. The van der Waals surface area contributed by atoms with E-state index >= 15 is 0 Å². The Bertz CT molecular complexity index is 644. The lowest BCUT2D eigenvalue weighted by Gasteiger charge is -2.18. The van der Waals surface area contributed by atoms with Gasteiger partial charge in [0.15, 0.2) is 0 Å². The molecule has 0 aliphatic carbocycles. The molecule has 3 nitrogen and oxygen atoms in total. The fraction of sp³-hybridized carbons (Fsp3) is 0.133. The molecule has 0 saturated carbocycles. The van der Waals surface area contributed by atoms with E-state index in [2.05, 4.69) is 31.9 Å². The van der Waals surface area contributed by atoms with E-state index < -0.39 is 0 Å². The summed E-state index contributed by atoms with van der Waals surface area (Å²) in [6, 6.07) is 12.4. The number of amides is 1. The third-order valence-electron chi connectivity index (χ3n) is 2.91. The Morgan fingerprint density at radius 1 is 1.20 bits per heavy atom. The van der Waals surface area contributed by atoms with Crippen LogP contribution in [0.3, 0.4) is 0 Å². The maximum atomic E-state index is 12.4. The minimum atomic E-state index is -0.104. The summed E-state index contributed by atoms with van der Waals surface area (Å²) in [6.45, 7) is 0.355. The standard InChI is InChI=1S/C15H13Br2NO2/c1-18(9-10-4-2-3-5-14(10)19)15(20)12-7-6-11(16)8-13(12)17/h2-8,19H,9H2,1H3. The van der Waals surface area contributed by atoms with E-state index in [0.29, 0.717) is 12.1 Å². The molecule has 0 heterocycles. The van der Waals surface area contributed by atoms with Crippen molar-refractivity contribution in [2.45, 2.75) is 6.54 Å². The number of aromatic hydroxyl groups is 1. The van der Waals surface area contributed by atoms with Crippen LogP contribution in [0.1, 0.15) is 15.9 Å². The van der Waals surface area contributed by atoms with E-state index in [-0.39, 0.29) is 11.7 Å². The van der Waals surface area contributed by atoms with Gasteiger partial charge < -0.3 is 10.0 Å². The molecule has 0 radical (unpaired) electrons. The third kappa shape index (κ3) is 3.41. The first-order valence-corrected chi connectivity index (χ1v) is 7.55. The van der Waals surface area contributed by atoms with Gasteiger partial charge in [-0.3, -0.25) is 4.79 Å². The van der Waals surface area contributed by atoms with Crippen LogP contribution in [0.2, 0.25) is 0 Å². The predicted molar refractivity (Wildman–Crippen MR) is 85.7 cm³/mol. The van der Waals surface area contributed by atoms with E-state index in [9.17, 15) is 9.90 Å². The van der Waals surface area contributed by atoms with Crippen molar-refractivity contribution in [3.63, 3.8) is 0 Å². The molecule has 0 aliphatic heterocycles. The monoisotopic (exact) mass is 397 g/mol. The van der Waals surface area contributed by atoms with Crippen molar-refractivity contribution in [2.24, 2.45) is 0 Å². The minimum absolute atomic E-state index is 0.104. The van der Waals surface area contributed by atoms with Gasteiger partial charge in [-0.25, -0.2) is 0 Å². The third-order valence-corrected chi connectivity index (χ3v) is 4.06. The zero-order valence-electron chi connectivity index (χ0n) is 10.8. The molecule has 1 N–H and O–H groups in total. The van der Waals surface area contributed by atoms with E-state index in [0.717, 1.165) is 14.5 Å². The number of benzene rings is 2. The molecular formula is C15H13Br2NO2. The van der Waals surface area contributed by atoms with E-state index in [1.165, 1.54) is 0 Å². The Balaban J connectivity index is 2.19. The van der Waals surface area contributed by atoms with Gasteiger partial charge >= 0.3 is 0 Å². The molecule has 2 aromatic carbocycles. The van der Waals surface area contributed by atoms with Gasteiger partial charge in [0.25, 0.3) is 5.91 Å². The Kier molecular flexibility index (Phi) is 4.83. The van der Waals surface area contributed by atoms with Crippen molar-refractivity contribution in [2.75, 3.05) is 7.05 Å². The number of hydrogen-bond acceptors (Lipinski definition) is 2. The van der Waals surface area contributed by atoms with Crippen LogP contribution in [0, 0.1) is 0 Å². The number of phenolic OH excluding ortho intramolecular Hbond substituents is 1. The quantitative estimate of drug-likeness (QED) is 0.841. The second-order valence-electron chi connectivity index (χ2n) is 4.41. The van der Waals surface area contributed by atoms with Crippen LogP contribution < -0.4 is 0 Å². The average molecular weight is 399 g/mol. The van der Waals surface area contributed by atoms with Gasteiger partial charge in [0.2, 0.25) is 0 Å². The first-order valence-electron chi connectivity index (χ1n) is 5.96. The zero-order valence-corrected chi connectivity index (χ0v) is 14.0. The summed E-state index contributed by atoms with van der Waals surface area (Å²) in [6.07, 6.45) is 0. The molecule has 0 aromatic heterocycles. The molecule has 1 amide bonds. The molecule has 0 atom stereocenters. The molecular weight excluding hydrogens is 386 g/mol. The van der Waals surface area contributed by atoms with Gasteiger partial charge in [0.1, 0.15) is 5.75 Å². The first kappa shape index (κ1) is 15.1. The van der Waals surface area contributed by atoms with Gasteiger partial charge in [-0.1, -0.05) is 34.1 Å². The lowest BCUT2D eigenvalue weighted by Crippen LogP contribution is -2.26. The van der Waals surface area contributed by atoms with Gasteiger partial charge in [-0.15, -0.1) is 0 Å². The Morgan fingerprint density at radius 3 is 2.55 bits per heavy atom. The van der Waals surface area contributed by atoms with Crippen molar-refractivity contribution in [1.29, 1.82) is 0 Å². The van der Waals surface area contributed by atoms with Gasteiger partial charge in [0, 0.05) is 28.1 Å². The van der Waals surface area contributed by atoms with Crippen LogP contribution in [0.4, 0.5) is 0 Å². The normalized spacial score (nSPS) is 10.3. The highest BCUT2D eigenvalue weighted by atomic mass is 79.9. The lowest BCUT2D eigenvalue weighted by molar-refractivity contribution is 0.0783. The molecule has 0 unspecified atom stereocenters. The number of para-hydroxylation sites is 1. The van der Waals surface area contributed by atoms with E-state index in [1.54, 1.807) is 36.2 Å². The number of carbonyl (C=O) groups excluding carboxylic acids is 1. The average Bonchev–Trinajstić information content (AvgIpc) is 2.40. The van der Waals surface area contributed by atoms with Crippen LogP contribution in [-0.4, -0.2) is 23.0 Å². The SMILES string of the molecule is CN(Cc1ccccc1O)C(=O)c1ccc(Br)cc1Br. The first-order chi connectivity index (χ1) is 9.49. The zero-order chi connectivity index (χ0) is 14.7. The van der Waals surface area contributed by atoms with Crippen molar-refractivity contribution in [1.82, 2.24) is 4.90 Å². The Hall–Kier alpha value is -1.33. The molecule has 104 valence electrons. The largest absolute Gasteiger partial charge is 0.508 e. The molecule has 0 spiro atoms. The fourth-order valence-corrected chi connectivity index (χ4v) is 3.06. The van der Waals surface area contributed by atoms with Crippen molar-refractivity contribution in [3.05, 3.63) is 62.5 Å². The van der Waals surface area contributed by atoms with Crippen molar-refractivity contribution < 1.29 is 9.90 Å². The number of carbonyl (C=O) groups is 1. The van der Waals surface area contributed by atoms with E-state index in [4.69, 9.17) is 0 Å². The maximum absolute atomic E-state index is 12.4. The Labute approximate surface area is 134 Å². The molecule has 2 aromatic rings. The molecule has 2 rings (SSSR count). The Morgan fingerprint density at radius 2 is 1.90 bits per heavy atom. The van der Waals surface area contributed by atoms with Crippen LogP contribution in [0.25, 0.3) is 0 Å². The van der Waals surface area contributed by atoms with Gasteiger partial charge in [-0.2, -0.15) is 0 Å². The van der Waals surface area contributed by atoms with E-state index in [1.807, 2.05) is 18.2 Å². The predicted octanol–water partition coefficient (Wildman–Crippen LogP) is 4.19. The highest BCUT2D eigenvalue weighted by Crippen LogP contribution is 2.24. The maximum Gasteiger partial charge on any atom is 0.255 e. The number of rotatable bonds is 3. The summed E-state index contributed by atoms with van der Waals surface area (Å²) in [5.74, 6) is 0.0923. The summed E-state index contributed by atoms with van der Waals surface area (Å²) >= 11 is 6.75. The molecule has 0 fully saturated rings. The van der Waals surface area contributed by atoms with Crippen molar-refractivity contribution >= 4 is 37.8 Å². The highest BCUT2D eigenvalue weighted by molar-refractivity contribution is 9.11. The number of halogens is 2. The molecule has 0 saturated heterocycles. The van der Waals surface area contributed by atoms with Crippen LogP contribution in [-0.2, 0) is 6.54 Å². The lowest BCUT2D eigenvalue weighted by atomic mass is 10.1. The number of phenols is 1. The smallest absolute Gasteiger partial charge is 0.255 e. The van der Waals surface area contributed by atoms with Crippen LogP contribution in [0.15, 0.2) is 51.4 Å². The number of hydrogen-bond donors (Lipinski definition) is 1. The van der Waals surface area contributed by atoms with Crippen molar-refractivity contribution in [3.8, 4) is 5.75 Å². The molecule has 5 heteroatoms. The summed E-state index contributed by atoms with van der Waals surface area (Å²) in [7, 11) is 1.71. The summed E-state index contributed by atoms with van der Waals surface area (Å²) in [5.41, 5.74) is 1.31. The second-order valence-corrected chi connectivity index (χ2v) is 6.18. The van der Waals surface area contributed by atoms with Crippen LogP contribution >= 0.6 is 31.9 Å². The topological polar surface area (TPSA) is 40.5 Å². The molecule has 0 aliphatic rings. The molecule has 20 heavy (non-hydrogen) atoms. The summed E-state index contributed by atoms with van der Waals surface area (Å²) in [5, 5.41) is 9.75. The number of nitrogens with zero attached hydrogens (tertiary/aromatic N) is 1. The fourth-order valence-electron chi connectivity index (χ4n) is 1.84. The van der Waals surface area contributed by atoms with Gasteiger partial charge in [0.05, 0.1) is 5.56 Å². The summed E-state index contributed by atoms with van der Waals surface area (Å²) in [4.78, 5) is 14.0.